The Morgan fingerprint density at radius 3 is 2.62 bits per heavy atom. The Morgan fingerprint density at radius 2 is 2.05 bits per heavy atom. The van der Waals surface area contributed by atoms with Crippen LogP contribution in [0, 0.1) is 6.92 Å². The van der Waals surface area contributed by atoms with Gasteiger partial charge in [-0.3, -0.25) is 9.48 Å². The van der Waals surface area contributed by atoms with Crippen LogP contribution in [0.4, 0.5) is 5.69 Å². The molecule has 21 heavy (non-hydrogen) atoms. The molecular weight excluding hydrogens is 290 g/mol. The summed E-state index contributed by atoms with van der Waals surface area (Å²) in [7, 11) is 1.75. The molecule has 0 aliphatic carbocycles. The molecule has 0 atom stereocenters. The molecule has 2 rings (SSSR count). The summed E-state index contributed by atoms with van der Waals surface area (Å²) in [6, 6.07) is 7.45. The van der Waals surface area contributed by atoms with Gasteiger partial charge in [-0.2, -0.15) is 5.10 Å². The number of nitrogens with two attached hydrogens (primary N) is 1. The summed E-state index contributed by atoms with van der Waals surface area (Å²) in [5.41, 5.74) is 8.90. The van der Waals surface area contributed by atoms with E-state index in [1.54, 1.807) is 11.7 Å². The van der Waals surface area contributed by atoms with Gasteiger partial charge in [-0.25, -0.2) is 0 Å². The summed E-state index contributed by atoms with van der Waals surface area (Å²) < 4.78 is 6.81. The van der Waals surface area contributed by atoms with Crippen molar-refractivity contribution in [1.29, 1.82) is 0 Å². The lowest BCUT2D eigenvalue weighted by Gasteiger charge is -2.05. The number of ether oxygens (including phenoxy) is 1. The minimum Gasteiger partial charge on any atom is -0.461 e. The molecule has 0 aliphatic rings. The summed E-state index contributed by atoms with van der Waals surface area (Å²) in [5.74, 6) is -0.258. The van der Waals surface area contributed by atoms with Crippen molar-refractivity contribution in [2.75, 3.05) is 5.73 Å². The molecule has 6 heteroatoms. The first kappa shape index (κ1) is 15.4. The summed E-state index contributed by atoms with van der Waals surface area (Å²) in [6.07, 6.45) is 0.944. The number of anilines is 1. The zero-order chi connectivity index (χ0) is 15.4. The highest BCUT2D eigenvalue weighted by molar-refractivity contribution is 6.30. The molecule has 0 bridgehead atoms. The third-order valence-electron chi connectivity index (χ3n) is 3.24. The van der Waals surface area contributed by atoms with Crippen LogP contribution in [0.15, 0.2) is 24.3 Å². The van der Waals surface area contributed by atoms with E-state index in [-0.39, 0.29) is 12.6 Å². The standard InChI is InChI=1S/C15H18ClN3O2/c1-10-13(15(16)19(2)18-10)9-21-14(20)8-5-11-3-6-12(17)7-4-11/h3-4,6-7H,5,8-9,17H2,1-2H3. The van der Waals surface area contributed by atoms with Gasteiger partial charge in [0.25, 0.3) is 0 Å². The highest BCUT2D eigenvalue weighted by Crippen LogP contribution is 2.19. The van der Waals surface area contributed by atoms with Gasteiger partial charge in [-0.15, -0.1) is 0 Å². The number of rotatable bonds is 5. The van der Waals surface area contributed by atoms with E-state index in [9.17, 15) is 4.79 Å². The largest absolute Gasteiger partial charge is 0.461 e. The van der Waals surface area contributed by atoms with Crippen LogP contribution >= 0.6 is 11.6 Å². The highest BCUT2D eigenvalue weighted by atomic mass is 35.5. The maximum absolute atomic E-state index is 11.8. The van der Waals surface area contributed by atoms with Gasteiger partial charge in [0.05, 0.1) is 5.69 Å². The smallest absolute Gasteiger partial charge is 0.306 e. The number of nitrogen functional groups attached to an aromatic ring is 1. The Labute approximate surface area is 128 Å². The Kier molecular flexibility index (Phi) is 4.85. The van der Waals surface area contributed by atoms with Crippen molar-refractivity contribution in [3.05, 3.63) is 46.2 Å². The number of aromatic nitrogens is 2. The van der Waals surface area contributed by atoms with Crippen molar-refractivity contribution in [3.63, 3.8) is 0 Å². The molecule has 5 nitrogen and oxygen atoms in total. The molecule has 1 aromatic heterocycles. The highest BCUT2D eigenvalue weighted by Gasteiger charge is 2.13. The molecule has 0 unspecified atom stereocenters. The lowest BCUT2D eigenvalue weighted by Crippen LogP contribution is -2.06. The van der Waals surface area contributed by atoms with Gasteiger partial charge >= 0.3 is 5.97 Å². The van der Waals surface area contributed by atoms with Crippen molar-refractivity contribution in [1.82, 2.24) is 9.78 Å². The Balaban J connectivity index is 1.83. The fraction of sp³-hybridized carbons (Fsp3) is 0.333. The molecule has 0 fully saturated rings. The number of nitrogens with zero attached hydrogens (tertiary/aromatic N) is 2. The van der Waals surface area contributed by atoms with Gasteiger partial charge in [-0.05, 0) is 31.0 Å². The Morgan fingerprint density at radius 1 is 1.38 bits per heavy atom. The Hall–Kier alpha value is -2.01. The summed E-state index contributed by atoms with van der Waals surface area (Å²) in [5, 5.41) is 4.67. The van der Waals surface area contributed by atoms with Crippen LogP contribution in [0.1, 0.15) is 23.2 Å². The van der Waals surface area contributed by atoms with Crippen molar-refractivity contribution in [2.24, 2.45) is 7.05 Å². The van der Waals surface area contributed by atoms with E-state index in [1.807, 2.05) is 31.2 Å². The molecule has 1 heterocycles. The average molecular weight is 308 g/mol. The minimum atomic E-state index is -0.258. The summed E-state index contributed by atoms with van der Waals surface area (Å²) in [6.45, 7) is 1.99. The van der Waals surface area contributed by atoms with E-state index < -0.39 is 0 Å². The third-order valence-corrected chi connectivity index (χ3v) is 3.72. The normalized spacial score (nSPS) is 10.6. The zero-order valence-electron chi connectivity index (χ0n) is 12.1. The number of carbonyl (C=O) groups is 1. The second kappa shape index (κ2) is 6.63. The lowest BCUT2D eigenvalue weighted by molar-refractivity contribution is -0.144. The van der Waals surface area contributed by atoms with Gasteiger partial charge in [0.15, 0.2) is 0 Å². The molecule has 2 aromatic rings. The predicted octanol–water partition coefficient (Wildman–Crippen LogP) is 2.64. The number of hydrogen-bond donors (Lipinski definition) is 1. The topological polar surface area (TPSA) is 70.1 Å². The van der Waals surface area contributed by atoms with Gasteiger partial charge in [0.2, 0.25) is 0 Å². The predicted molar refractivity (Wildman–Crippen MR) is 81.9 cm³/mol. The van der Waals surface area contributed by atoms with Crippen molar-refractivity contribution in [3.8, 4) is 0 Å². The van der Waals surface area contributed by atoms with Crippen LogP contribution in [-0.4, -0.2) is 15.7 Å². The van der Waals surface area contributed by atoms with E-state index in [0.717, 1.165) is 16.8 Å². The summed E-state index contributed by atoms with van der Waals surface area (Å²) in [4.78, 5) is 11.8. The fourth-order valence-electron chi connectivity index (χ4n) is 1.99. The number of benzene rings is 1. The van der Waals surface area contributed by atoms with Crippen molar-refractivity contribution >= 4 is 23.3 Å². The number of carbonyl (C=O) groups excluding carboxylic acids is 1. The lowest BCUT2D eigenvalue weighted by atomic mass is 10.1. The third kappa shape index (κ3) is 3.98. The van der Waals surface area contributed by atoms with Gasteiger partial charge in [-0.1, -0.05) is 23.7 Å². The minimum absolute atomic E-state index is 0.152. The monoisotopic (exact) mass is 307 g/mol. The van der Waals surface area contributed by atoms with Crippen molar-refractivity contribution < 1.29 is 9.53 Å². The second-order valence-electron chi connectivity index (χ2n) is 4.88. The van der Waals surface area contributed by atoms with Crippen LogP contribution in [0.5, 0.6) is 0 Å². The molecule has 0 aliphatic heterocycles. The van der Waals surface area contributed by atoms with E-state index in [0.29, 0.717) is 23.7 Å². The quantitative estimate of drug-likeness (QED) is 0.681. The molecule has 0 spiro atoms. The maximum Gasteiger partial charge on any atom is 0.306 e. The number of halogens is 1. The zero-order valence-corrected chi connectivity index (χ0v) is 12.9. The van der Waals surface area contributed by atoms with E-state index in [1.165, 1.54) is 0 Å². The van der Waals surface area contributed by atoms with Crippen LogP contribution in [0.2, 0.25) is 5.15 Å². The first-order chi connectivity index (χ1) is 9.97. The Bertz CT molecular complexity index is 635. The van der Waals surface area contributed by atoms with E-state index >= 15 is 0 Å². The van der Waals surface area contributed by atoms with Crippen LogP contribution in [0.25, 0.3) is 0 Å². The van der Waals surface area contributed by atoms with Gasteiger partial charge in [0.1, 0.15) is 11.8 Å². The number of aryl methyl sites for hydroxylation is 3. The van der Waals surface area contributed by atoms with Crippen LogP contribution in [0.3, 0.4) is 0 Å². The second-order valence-corrected chi connectivity index (χ2v) is 5.24. The first-order valence-corrected chi connectivity index (χ1v) is 7.03. The molecule has 0 amide bonds. The number of hydrogen-bond acceptors (Lipinski definition) is 4. The molecular formula is C15H18ClN3O2. The SMILES string of the molecule is Cc1nn(C)c(Cl)c1COC(=O)CCc1ccc(N)cc1. The summed E-state index contributed by atoms with van der Waals surface area (Å²) >= 11 is 6.08. The van der Waals surface area contributed by atoms with Crippen LogP contribution < -0.4 is 5.73 Å². The number of esters is 1. The van der Waals surface area contributed by atoms with Gasteiger partial charge in [0, 0.05) is 24.7 Å². The maximum atomic E-state index is 11.8. The molecule has 2 N–H and O–H groups in total. The van der Waals surface area contributed by atoms with E-state index in [2.05, 4.69) is 5.10 Å². The van der Waals surface area contributed by atoms with Crippen LogP contribution in [-0.2, 0) is 29.6 Å². The fourth-order valence-corrected chi connectivity index (χ4v) is 2.22. The average Bonchev–Trinajstić information content (AvgIpc) is 2.69. The molecule has 0 radical (unpaired) electrons. The van der Waals surface area contributed by atoms with Gasteiger partial charge < -0.3 is 10.5 Å². The molecule has 0 saturated carbocycles. The van der Waals surface area contributed by atoms with E-state index in [4.69, 9.17) is 22.1 Å². The molecule has 112 valence electrons. The van der Waals surface area contributed by atoms with Crippen molar-refractivity contribution in [2.45, 2.75) is 26.4 Å². The molecule has 0 saturated heterocycles. The first-order valence-electron chi connectivity index (χ1n) is 6.65. The molecule has 1 aromatic carbocycles.